The molecule has 0 aromatic heterocycles. The summed E-state index contributed by atoms with van der Waals surface area (Å²) in [6, 6.07) is 11.7. The van der Waals surface area contributed by atoms with Gasteiger partial charge in [-0.1, -0.05) is 30.4 Å². The van der Waals surface area contributed by atoms with Gasteiger partial charge in [-0.05, 0) is 48.6 Å². The van der Waals surface area contributed by atoms with Crippen molar-refractivity contribution in [1.29, 1.82) is 0 Å². The molecule has 5 nitrogen and oxygen atoms in total. The van der Waals surface area contributed by atoms with Crippen molar-refractivity contribution in [3.63, 3.8) is 0 Å². The molecule has 0 saturated heterocycles. The second-order valence-corrected chi connectivity index (χ2v) is 5.75. The van der Waals surface area contributed by atoms with Crippen LogP contribution in [0.1, 0.15) is 46.5 Å². The third-order valence-electron chi connectivity index (χ3n) is 4.09. The van der Waals surface area contributed by atoms with E-state index in [2.05, 4.69) is 12.2 Å². The molecular weight excluding hydrogens is 306 g/mol. The standard InChI is InChI=1S/C19H17NO4/c1-13(15-7-4-8-18(12-15)20(22)23)24-19(21)17-10-9-14-5-2-3-6-16(14)11-17/h2,4-5,7-13H,3,6H2,1H3/t13-/m0/s1. The fourth-order valence-electron chi connectivity index (χ4n) is 2.75. The van der Waals surface area contributed by atoms with Gasteiger partial charge in [0.15, 0.2) is 0 Å². The topological polar surface area (TPSA) is 69.4 Å². The molecule has 0 heterocycles. The molecule has 0 aliphatic heterocycles. The molecule has 24 heavy (non-hydrogen) atoms. The summed E-state index contributed by atoms with van der Waals surface area (Å²) >= 11 is 0. The number of aryl methyl sites for hydroxylation is 1. The highest BCUT2D eigenvalue weighted by atomic mass is 16.6. The van der Waals surface area contributed by atoms with Crippen LogP contribution in [0, 0.1) is 10.1 Å². The molecule has 0 fully saturated rings. The zero-order chi connectivity index (χ0) is 17.1. The van der Waals surface area contributed by atoms with Gasteiger partial charge in [-0.25, -0.2) is 4.79 Å². The van der Waals surface area contributed by atoms with Crippen LogP contribution in [0.4, 0.5) is 5.69 Å². The maximum Gasteiger partial charge on any atom is 0.338 e. The first-order valence-corrected chi connectivity index (χ1v) is 7.79. The molecule has 0 radical (unpaired) electrons. The molecule has 0 bridgehead atoms. The van der Waals surface area contributed by atoms with Crippen LogP contribution < -0.4 is 0 Å². The van der Waals surface area contributed by atoms with Crippen molar-refractivity contribution in [2.24, 2.45) is 0 Å². The van der Waals surface area contributed by atoms with Gasteiger partial charge in [0.05, 0.1) is 10.5 Å². The van der Waals surface area contributed by atoms with Crippen molar-refractivity contribution in [3.05, 3.63) is 80.9 Å². The normalized spacial score (nSPS) is 13.9. The Kier molecular flexibility index (Phi) is 4.42. The molecule has 1 aliphatic rings. The number of hydrogen-bond acceptors (Lipinski definition) is 4. The van der Waals surface area contributed by atoms with Gasteiger partial charge in [-0.3, -0.25) is 10.1 Å². The highest BCUT2D eigenvalue weighted by Gasteiger charge is 2.17. The van der Waals surface area contributed by atoms with Gasteiger partial charge in [0, 0.05) is 12.1 Å². The second kappa shape index (κ2) is 6.66. The smallest absolute Gasteiger partial charge is 0.338 e. The first-order valence-electron chi connectivity index (χ1n) is 7.79. The molecule has 3 rings (SSSR count). The number of non-ortho nitro benzene ring substituents is 1. The molecule has 1 atom stereocenters. The van der Waals surface area contributed by atoms with Gasteiger partial charge in [-0.2, -0.15) is 0 Å². The quantitative estimate of drug-likeness (QED) is 0.473. The minimum absolute atomic E-state index is 0.0176. The van der Waals surface area contributed by atoms with Crippen molar-refractivity contribution in [3.8, 4) is 0 Å². The Morgan fingerprint density at radius 3 is 2.88 bits per heavy atom. The van der Waals surface area contributed by atoms with Crippen LogP contribution in [0.3, 0.4) is 0 Å². The number of benzene rings is 2. The number of carbonyl (C=O) groups is 1. The number of nitro benzene ring substituents is 1. The second-order valence-electron chi connectivity index (χ2n) is 5.75. The monoisotopic (exact) mass is 323 g/mol. The summed E-state index contributed by atoms with van der Waals surface area (Å²) < 4.78 is 5.47. The summed E-state index contributed by atoms with van der Waals surface area (Å²) in [5, 5.41) is 10.8. The number of fused-ring (bicyclic) bond motifs is 1. The van der Waals surface area contributed by atoms with Crippen molar-refractivity contribution in [2.75, 3.05) is 0 Å². The summed E-state index contributed by atoms with van der Waals surface area (Å²) in [6.45, 7) is 1.71. The van der Waals surface area contributed by atoms with E-state index in [0.717, 1.165) is 24.0 Å². The SMILES string of the molecule is C[C@H](OC(=O)c1ccc2c(c1)CCC=C2)c1cccc([N+](=O)[O-])c1. The van der Waals surface area contributed by atoms with Crippen molar-refractivity contribution in [1.82, 2.24) is 0 Å². The number of allylic oxidation sites excluding steroid dienone is 1. The Balaban J connectivity index is 1.76. The highest BCUT2D eigenvalue weighted by Crippen LogP contribution is 2.25. The van der Waals surface area contributed by atoms with Gasteiger partial charge in [0.2, 0.25) is 0 Å². The summed E-state index contributed by atoms with van der Waals surface area (Å²) in [4.78, 5) is 22.7. The molecule has 122 valence electrons. The number of nitro groups is 1. The maximum atomic E-state index is 12.4. The van der Waals surface area contributed by atoms with Gasteiger partial charge in [0.1, 0.15) is 6.10 Å². The molecule has 0 amide bonds. The van der Waals surface area contributed by atoms with Crippen LogP contribution >= 0.6 is 0 Å². The average molecular weight is 323 g/mol. The minimum atomic E-state index is -0.562. The highest BCUT2D eigenvalue weighted by molar-refractivity contribution is 5.90. The van der Waals surface area contributed by atoms with E-state index in [-0.39, 0.29) is 5.69 Å². The van der Waals surface area contributed by atoms with Crippen LogP contribution in [0.25, 0.3) is 6.08 Å². The van der Waals surface area contributed by atoms with Crippen LogP contribution in [0.5, 0.6) is 0 Å². The molecule has 2 aromatic rings. The van der Waals surface area contributed by atoms with Crippen LogP contribution in [0.2, 0.25) is 0 Å². The first-order chi connectivity index (χ1) is 11.5. The van der Waals surface area contributed by atoms with E-state index in [4.69, 9.17) is 4.74 Å². The van der Waals surface area contributed by atoms with Crippen LogP contribution in [0.15, 0.2) is 48.5 Å². The van der Waals surface area contributed by atoms with Crippen molar-refractivity contribution >= 4 is 17.7 Å². The number of carbonyl (C=O) groups excluding carboxylic acids is 1. The predicted molar refractivity (Wildman–Crippen MR) is 90.7 cm³/mol. The zero-order valence-electron chi connectivity index (χ0n) is 13.3. The molecule has 0 N–H and O–H groups in total. The molecule has 1 aliphatic carbocycles. The van der Waals surface area contributed by atoms with Crippen LogP contribution in [-0.2, 0) is 11.2 Å². The van der Waals surface area contributed by atoms with E-state index in [1.165, 1.54) is 12.1 Å². The van der Waals surface area contributed by atoms with E-state index < -0.39 is 17.0 Å². The zero-order valence-corrected chi connectivity index (χ0v) is 13.3. The Labute approximate surface area is 139 Å². The number of nitrogens with zero attached hydrogens (tertiary/aromatic N) is 1. The van der Waals surface area contributed by atoms with E-state index >= 15 is 0 Å². The minimum Gasteiger partial charge on any atom is -0.454 e. The summed E-state index contributed by atoms with van der Waals surface area (Å²) in [5.74, 6) is -0.425. The van der Waals surface area contributed by atoms with Crippen molar-refractivity contribution < 1.29 is 14.5 Å². The predicted octanol–water partition coefficient (Wildman–Crippen LogP) is 4.47. The van der Waals surface area contributed by atoms with Crippen molar-refractivity contribution in [2.45, 2.75) is 25.9 Å². The molecule has 0 unspecified atom stereocenters. The molecular formula is C19H17NO4. The van der Waals surface area contributed by atoms with E-state index in [1.54, 1.807) is 25.1 Å². The Morgan fingerprint density at radius 1 is 1.25 bits per heavy atom. The third kappa shape index (κ3) is 3.35. The molecule has 0 saturated carbocycles. The van der Waals surface area contributed by atoms with E-state index in [1.807, 2.05) is 12.1 Å². The first kappa shape index (κ1) is 15.9. The van der Waals surface area contributed by atoms with Crippen LogP contribution in [-0.4, -0.2) is 10.9 Å². The summed E-state index contributed by atoms with van der Waals surface area (Å²) in [6.07, 6.45) is 5.49. The fourth-order valence-corrected chi connectivity index (χ4v) is 2.75. The van der Waals surface area contributed by atoms with E-state index in [0.29, 0.717) is 11.1 Å². The lowest BCUT2D eigenvalue weighted by Gasteiger charge is -2.15. The molecule has 5 heteroatoms. The van der Waals surface area contributed by atoms with Gasteiger partial charge >= 0.3 is 5.97 Å². The lowest BCUT2D eigenvalue weighted by molar-refractivity contribution is -0.385. The number of ether oxygens (including phenoxy) is 1. The van der Waals surface area contributed by atoms with Gasteiger partial charge < -0.3 is 4.74 Å². The Hall–Kier alpha value is -2.95. The molecule has 2 aromatic carbocycles. The number of esters is 1. The third-order valence-corrected chi connectivity index (χ3v) is 4.09. The number of rotatable bonds is 4. The van der Waals surface area contributed by atoms with Gasteiger partial charge in [-0.15, -0.1) is 0 Å². The maximum absolute atomic E-state index is 12.4. The molecule has 0 spiro atoms. The Morgan fingerprint density at radius 2 is 2.08 bits per heavy atom. The average Bonchev–Trinajstić information content (AvgIpc) is 2.61. The number of hydrogen-bond donors (Lipinski definition) is 0. The fraction of sp³-hybridized carbons (Fsp3) is 0.211. The van der Waals surface area contributed by atoms with Gasteiger partial charge in [0.25, 0.3) is 5.69 Å². The lowest BCUT2D eigenvalue weighted by Crippen LogP contribution is -2.10. The lowest BCUT2D eigenvalue weighted by atomic mass is 9.95. The summed E-state index contributed by atoms with van der Waals surface area (Å²) in [7, 11) is 0. The van der Waals surface area contributed by atoms with E-state index in [9.17, 15) is 14.9 Å². The summed E-state index contributed by atoms with van der Waals surface area (Å²) in [5.41, 5.74) is 3.34. The Bertz CT molecular complexity index is 826. The largest absolute Gasteiger partial charge is 0.454 e.